The van der Waals surface area contributed by atoms with Crippen LogP contribution in [0.2, 0.25) is 0 Å². The Morgan fingerprint density at radius 2 is 1.78 bits per heavy atom. The standard InChI is InChI=1S/C20H23NO2/c22-20(23)12-6-7-13-21-14-17-10-4-5-11-18(17)19(15-21)16-8-2-1-3-9-16/h1-5,8-11,19H,6-7,12-15H2,(H,22,23). The zero-order valence-corrected chi connectivity index (χ0v) is 13.3. The van der Waals surface area contributed by atoms with Crippen LogP contribution in [0.4, 0.5) is 0 Å². The first-order chi connectivity index (χ1) is 11.2. The van der Waals surface area contributed by atoms with Crippen LogP contribution < -0.4 is 0 Å². The summed E-state index contributed by atoms with van der Waals surface area (Å²) in [6.45, 7) is 2.94. The molecule has 1 aliphatic heterocycles. The predicted octanol–water partition coefficient (Wildman–Crippen LogP) is 3.89. The molecule has 0 saturated heterocycles. The summed E-state index contributed by atoms with van der Waals surface area (Å²) in [6, 6.07) is 19.4. The van der Waals surface area contributed by atoms with Crippen molar-refractivity contribution in [3.05, 3.63) is 71.3 Å². The number of carboxylic acid groups (broad SMARTS) is 1. The van der Waals surface area contributed by atoms with E-state index in [0.717, 1.165) is 32.5 Å². The summed E-state index contributed by atoms with van der Waals surface area (Å²) in [7, 11) is 0. The van der Waals surface area contributed by atoms with Gasteiger partial charge in [0.15, 0.2) is 0 Å². The molecule has 23 heavy (non-hydrogen) atoms. The number of carboxylic acids is 1. The molecule has 2 aromatic carbocycles. The Balaban J connectivity index is 1.73. The van der Waals surface area contributed by atoms with Gasteiger partial charge >= 0.3 is 5.97 Å². The normalized spacial score (nSPS) is 17.7. The molecular formula is C20H23NO2. The van der Waals surface area contributed by atoms with Gasteiger partial charge in [-0.1, -0.05) is 54.6 Å². The Labute approximate surface area is 137 Å². The van der Waals surface area contributed by atoms with Crippen LogP contribution in [-0.2, 0) is 11.3 Å². The second-order valence-electron chi connectivity index (χ2n) is 6.25. The molecule has 1 unspecified atom stereocenters. The third-order valence-electron chi connectivity index (χ3n) is 4.58. The number of benzene rings is 2. The minimum atomic E-state index is -0.698. The highest BCUT2D eigenvalue weighted by Gasteiger charge is 2.25. The van der Waals surface area contributed by atoms with Gasteiger partial charge in [0.25, 0.3) is 0 Å². The number of fused-ring (bicyclic) bond motifs is 1. The number of hydrogen-bond donors (Lipinski definition) is 1. The minimum Gasteiger partial charge on any atom is -0.481 e. The van der Waals surface area contributed by atoms with Gasteiger partial charge in [0.1, 0.15) is 0 Å². The first-order valence-electron chi connectivity index (χ1n) is 8.31. The summed E-state index contributed by atoms with van der Waals surface area (Å²) in [5.41, 5.74) is 4.18. The molecule has 3 nitrogen and oxygen atoms in total. The highest BCUT2D eigenvalue weighted by molar-refractivity contribution is 5.66. The van der Waals surface area contributed by atoms with Crippen LogP contribution >= 0.6 is 0 Å². The second-order valence-corrected chi connectivity index (χ2v) is 6.25. The highest BCUT2D eigenvalue weighted by atomic mass is 16.4. The van der Waals surface area contributed by atoms with Gasteiger partial charge in [-0.15, -0.1) is 0 Å². The van der Waals surface area contributed by atoms with Crippen molar-refractivity contribution in [3.8, 4) is 0 Å². The average Bonchev–Trinajstić information content (AvgIpc) is 2.58. The quantitative estimate of drug-likeness (QED) is 0.823. The fourth-order valence-electron chi connectivity index (χ4n) is 3.43. The van der Waals surface area contributed by atoms with E-state index in [2.05, 4.69) is 59.5 Å². The van der Waals surface area contributed by atoms with Crippen LogP contribution in [0, 0.1) is 0 Å². The summed E-state index contributed by atoms with van der Waals surface area (Å²) in [4.78, 5) is 13.1. The van der Waals surface area contributed by atoms with Crippen molar-refractivity contribution in [2.75, 3.05) is 13.1 Å². The molecule has 0 saturated carbocycles. The number of rotatable bonds is 6. The van der Waals surface area contributed by atoms with E-state index < -0.39 is 5.97 Å². The molecule has 3 rings (SSSR count). The van der Waals surface area contributed by atoms with E-state index in [-0.39, 0.29) is 6.42 Å². The van der Waals surface area contributed by atoms with Gasteiger partial charge < -0.3 is 5.11 Å². The van der Waals surface area contributed by atoms with Crippen LogP contribution in [0.25, 0.3) is 0 Å². The number of hydrogen-bond acceptors (Lipinski definition) is 2. The lowest BCUT2D eigenvalue weighted by Gasteiger charge is -2.35. The minimum absolute atomic E-state index is 0.270. The first-order valence-corrected chi connectivity index (χ1v) is 8.31. The molecule has 1 aliphatic rings. The van der Waals surface area contributed by atoms with Crippen molar-refractivity contribution in [2.45, 2.75) is 31.7 Å². The van der Waals surface area contributed by atoms with Crippen molar-refractivity contribution in [1.29, 1.82) is 0 Å². The van der Waals surface area contributed by atoms with E-state index in [1.807, 2.05) is 0 Å². The van der Waals surface area contributed by atoms with Crippen LogP contribution in [0.15, 0.2) is 54.6 Å². The maximum atomic E-state index is 10.6. The number of carbonyl (C=O) groups is 1. The van der Waals surface area contributed by atoms with Gasteiger partial charge in [0, 0.05) is 25.4 Å². The Kier molecular flexibility index (Phi) is 5.09. The molecule has 0 radical (unpaired) electrons. The van der Waals surface area contributed by atoms with Crippen LogP contribution in [0.5, 0.6) is 0 Å². The van der Waals surface area contributed by atoms with Gasteiger partial charge in [-0.05, 0) is 36.1 Å². The lowest BCUT2D eigenvalue weighted by atomic mass is 9.84. The molecule has 0 amide bonds. The predicted molar refractivity (Wildman–Crippen MR) is 91.5 cm³/mol. The number of unbranched alkanes of at least 4 members (excludes halogenated alkanes) is 1. The van der Waals surface area contributed by atoms with Gasteiger partial charge in [-0.25, -0.2) is 0 Å². The monoisotopic (exact) mass is 309 g/mol. The zero-order chi connectivity index (χ0) is 16.1. The Bertz CT molecular complexity index is 654. The fourth-order valence-corrected chi connectivity index (χ4v) is 3.43. The van der Waals surface area contributed by atoms with Crippen molar-refractivity contribution in [2.24, 2.45) is 0 Å². The molecule has 120 valence electrons. The molecule has 2 aromatic rings. The molecule has 0 aliphatic carbocycles. The van der Waals surface area contributed by atoms with Crippen molar-refractivity contribution in [3.63, 3.8) is 0 Å². The Morgan fingerprint density at radius 1 is 1.04 bits per heavy atom. The first kappa shape index (κ1) is 15.8. The van der Waals surface area contributed by atoms with E-state index >= 15 is 0 Å². The van der Waals surface area contributed by atoms with E-state index in [1.165, 1.54) is 16.7 Å². The summed E-state index contributed by atoms with van der Waals surface area (Å²) in [6.07, 6.45) is 1.96. The lowest BCUT2D eigenvalue weighted by Crippen LogP contribution is -2.34. The van der Waals surface area contributed by atoms with Crippen LogP contribution in [0.3, 0.4) is 0 Å². The van der Waals surface area contributed by atoms with Gasteiger partial charge in [0.2, 0.25) is 0 Å². The van der Waals surface area contributed by atoms with Crippen LogP contribution in [0.1, 0.15) is 41.9 Å². The zero-order valence-electron chi connectivity index (χ0n) is 13.3. The third kappa shape index (κ3) is 3.99. The molecule has 3 heteroatoms. The van der Waals surface area contributed by atoms with Crippen molar-refractivity contribution >= 4 is 5.97 Å². The molecule has 1 atom stereocenters. The molecule has 1 heterocycles. The maximum absolute atomic E-state index is 10.6. The smallest absolute Gasteiger partial charge is 0.303 e. The second kappa shape index (κ2) is 7.42. The molecular weight excluding hydrogens is 286 g/mol. The lowest BCUT2D eigenvalue weighted by molar-refractivity contribution is -0.137. The molecule has 0 bridgehead atoms. The SMILES string of the molecule is O=C(O)CCCCN1Cc2ccccc2C(c2ccccc2)C1. The summed E-state index contributed by atoms with van der Waals surface area (Å²) in [5, 5.41) is 8.76. The Hall–Kier alpha value is -2.13. The van der Waals surface area contributed by atoms with Crippen LogP contribution in [-0.4, -0.2) is 29.1 Å². The number of aliphatic carboxylic acids is 1. The van der Waals surface area contributed by atoms with E-state index in [4.69, 9.17) is 5.11 Å². The van der Waals surface area contributed by atoms with Gasteiger partial charge in [0.05, 0.1) is 0 Å². The van der Waals surface area contributed by atoms with Crippen molar-refractivity contribution in [1.82, 2.24) is 4.90 Å². The molecule has 1 N–H and O–H groups in total. The topological polar surface area (TPSA) is 40.5 Å². The largest absolute Gasteiger partial charge is 0.481 e. The van der Waals surface area contributed by atoms with E-state index in [1.54, 1.807) is 0 Å². The van der Waals surface area contributed by atoms with Gasteiger partial charge in [-0.3, -0.25) is 9.69 Å². The average molecular weight is 309 g/mol. The third-order valence-corrected chi connectivity index (χ3v) is 4.58. The fraction of sp³-hybridized carbons (Fsp3) is 0.350. The maximum Gasteiger partial charge on any atom is 0.303 e. The molecule has 0 spiro atoms. The van der Waals surface area contributed by atoms with Gasteiger partial charge in [-0.2, -0.15) is 0 Å². The Morgan fingerprint density at radius 3 is 2.57 bits per heavy atom. The number of nitrogens with zero attached hydrogens (tertiary/aromatic N) is 1. The van der Waals surface area contributed by atoms with Crippen molar-refractivity contribution < 1.29 is 9.90 Å². The van der Waals surface area contributed by atoms with E-state index in [0.29, 0.717) is 5.92 Å². The molecule has 0 fully saturated rings. The molecule has 0 aromatic heterocycles. The summed E-state index contributed by atoms with van der Waals surface area (Å²) in [5.74, 6) is -0.295. The highest BCUT2D eigenvalue weighted by Crippen LogP contribution is 2.33. The summed E-state index contributed by atoms with van der Waals surface area (Å²) < 4.78 is 0. The summed E-state index contributed by atoms with van der Waals surface area (Å²) >= 11 is 0. The van der Waals surface area contributed by atoms with E-state index in [9.17, 15) is 4.79 Å².